The van der Waals surface area contributed by atoms with Crippen LogP contribution in [0.3, 0.4) is 0 Å². The predicted molar refractivity (Wildman–Crippen MR) is 105 cm³/mol. The second-order valence-electron chi connectivity index (χ2n) is 6.22. The zero-order valence-corrected chi connectivity index (χ0v) is 17.7. The molecule has 0 saturated carbocycles. The summed E-state index contributed by atoms with van der Waals surface area (Å²) >= 11 is 0. The van der Waals surface area contributed by atoms with Gasteiger partial charge in [-0.05, 0) is 26.3 Å². The molecule has 3 unspecified atom stereocenters. The van der Waals surface area contributed by atoms with Crippen molar-refractivity contribution in [3.63, 3.8) is 0 Å². The topological polar surface area (TPSA) is 57.2 Å². The summed E-state index contributed by atoms with van der Waals surface area (Å²) in [5, 5.41) is 3.40. The number of nitrogens with one attached hydrogen (secondary N) is 1. The first kappa shape index (κ1) is 22.4. The van der Waals surface area contributed by atoms with E-state index in [1.165, 1.54) is 7.11 Å². The van der Waals surface area contributed by atoms with Gasteiger partial charge < -0.3 is 19.9 Å². The van der Waals surface area contributed by atoms with Gasteiger partial charge >= 0.3 is 5.97 Å². The molecule has 1 saturated heterocycles. The van der Waals surface area contributed by atoms with Crippen LogP contribution >= 0.6 is 24.0 Å². The van der Waals surface area contributed by atoms with Crippen molar-refractivity contribution in [3.05, 3.63) is 0 Å². The molecule has 6 nitrogen and oxygen atoms in total. The number of esters is 1. The van der Waals surface area contributed by atoms with Gasteiger partial charge in [0.15, 0.2) is 5.96 Å². The van der Waals surface area contributed by atoms with Crippen LogP contribution in [0.5, 0.6) is 0 Å². The summed E-state index contributed by atoms with van der Waals surface area (Å²) in [7, 11) is 5.39. The zero-order valence-electron chi connectivity index (χ0n) is 15.3. The Morgan fingerprint density at radius 1 is 1.48 bits per heavy atom. The number of aliphatic imine (C=N–C) groups is 1. The molecule has 1 rings (SSSR count). The van der Waals surface area contributed by atoms with E-state index in [9.17, 15) is 4.79 Å². The van der Waals surface area contributed by atoms with E-state index in [4.69, 9.17) is 4.74 Å². The Kier molecular flexibility index (Phi) is 10.8. The van der Waals surface area contributed by atoms with Crippen molar-refractivity contribution in [1.29, 1.82) is 0 Å². The molecule has 1 aliphatic rings. The highest BCUT2D eigenvalue weighted by molar-refractivity contribution is 14.0. The van der Waals surface area contributed by atoms with Crippen molar-refractivity contribution >= 4 is 35.9 Å². The summed E-state index contributed by atoms with van der Waals surface area (Å²) in [6, 6.07) is 0.583. The number of likely N-dealkylation sites (tertiary alicyclic amines) is 1. The van der Waals surface area contributed by atoms with Crippen molar-refractivity contribution in [2.75, 3.05) is 47.4 Å². The molecule has 0 spiro atoms. The Labute approximate surface area is 158 Å². The van der Waals surface area contributed by atoms with Crippen molar-refractivity contribution in [2.45, 2.75) is 33.2 Å². The fraction of sp³-hybridized carbons (Fsp3) is 0.875. The number of hydrogen-bond acceptors (Lipinski definition) is 4. The van der Waals surface area contributed by atoms with Crippen LogP contribution in [0.4, 0.5) is 0 Å². The second-order valence-corrected chi connectivity index (χ2v) is 6.22. The first-order chi connectivity index (χ1) is 10.4. The van der Waals surface area contributed by atoms with Gasteiger partial charge in [0.25, 0.3) is 0 Å². The first-order valence-corrected chi connectivity index (χ1v) is 8.18. The Balaban J connectivity index is 0.00000484. The molecular formula is C16H33IN4O2. The Hall–Kier alpha value is -0.570. The fourth-order valence-corrected chi connectivity index (χ4v) is 2.81. The number of halogens is 1. The van der Waals surface area contributed by atoms with Crippen LogP contribution in [-0.4, -0.2) is 75.2 Å². The molecule has 0 aromatic carbocycles. The number of likely N-dealkylation sites (N-methyl/N-ethyl adjacent to an activating group) is 1. The average molecular weight is 440 g/mol. The Morgan fingerprint density at radius 2 is 2.13 bits per heavy atom. The van der Waals surface area contributed by atoms with Crippen LogP contribution in [0, 0.1) is 11.8 Å². The van der Waals surface area contributed by atoms with Crippen LogP contribution in [0.25, 0.3) is 0 Å². The molecule has 0 amide bonds. The van der Waals surface area contributed by atoms with Gasteiger partial charge in [0.1, 0.15) is 0 Å². The number of guanidine groups is 1. The minimum atomic E-state index is -0.123. The third-order valence-corrected chi connectivity index (χ3v) is 4.72. The summed E-state index contributed by atoms with van der Waals surface area (Å²) in [6.45, 7) is 9.85. The maximum Gasteiger partial charge on any atom is 0.310 e. The highest BCUT2D eigenvalue weighted by Gasteiger charge is 2.36. The van der Waals surface area contributed by atoms with Crippen molar-refractivity contribution in [2.24, 2.45) is 16.8 Å². The number of hydrogen-bond donors (Lipinski definition) is 1. The van der Waals surface area contributed by atoms with E-state index in [2.05, 4.69) is 47.9 Å². The molecule has 1 aliphatic heterocycles. The maximum atomic E-state index is 11.8. The van der Waals surface area contributed by atoms with Gasteiger partial charge in [-0.1, -0.05) is 13.8 Å². The quantitative estimate of drug-likeness (QED) is 0.295. The number of nitrogens with zero attached hydrogens (tertiary/aromatic N) is 3. The highest BCUT2D eigenvalue weighted by Crippen LogP contribution is 2.23. The molecule has 23 heavy (non-hydrogen) atoms. The second kappa shape index (κ2) is 11.1. The fourth-order valence-electron chi connectivity index (χ4n) is 2.81. The largest absolute Gasteiger partial charge is 0.469 e. The van der Waals surface area contributed by atoms with Gasteiger partial charge in [-0.25, -0.2) is 0 Å². The van der Waals surface area contributed by atoms with Gasteiger partial charge in [0.05, 0.1) is 13.0 Å². The maximum absolute atomic E-state index is 11.8. The first-order valence-electron chi connectivity index (χ1n) is 8.18. The third kappa shape index (κ3) is 6.45. The normalized spacial score (nSPS) is 22.7. The minimum absolute atomic E-state index is 0. The summed E-state index contributed by atoms with van der Waals surface area (Å²) in [6.07, 6.45) is 1.15. The van der Waals surface area contributed by atoms with E-state index < -0.39 is 0 Å². The summed E-state index contributed by atoms with van der Waals surface area (Å²) < 4.78 is 4.89. The van der Waals surface area contributed by atoms with Crippen LogP contribution in [-0.2, 0) is 9.53 Å². The van der Waals surface area contributed by atoms with Crippen LogP contribution in [0.2, 0.25) is 0 Å². The lowest BCUT2D eigenvalue weighted by Crippen LogP contribution is -2.44. The Morgan fingerprint density at radius 3 is 2.65 bits per heavy atom. The van der Waals surface area contributed by atoms with E-state index in [1.807, 2.05) is 0 Å². The highest BCUT2D eigenvalue weighted by atomic mass is 127. The van der Waals surface area contributed by atoms with Crippen LogP contribution in [0.1, 0.15) is 27.2 Å². The third-order valence-electron chi connectivity index (χ3n) is 4.72. The SMILES string of the molecule is CCC(C)N(C)CCNC(=NC)N1CC(C)C(C(=O)OC)C1.I. The molecule has 1 heterocycles. The molecule has 0 aliphatic carbocycles. The Bertz CT molecular complexity index is 392. The molecule has 0 aromatic heterocycles. The van der Waals surface area contributed by atoms with E-state index in [-0.39, 0.29) is 41.8 Å². The van der Waals surface area contributed by atoms with Gasteiger partial charge in [-0.3, -0.25) is 9.79 Å². The summed E-state index contributed by atoms with van der Waals surface area (Å²) in [5.74, 6) is 0.970. The molecule has 1 N–H and O–H groups in total. The molecule has 3 atom stereocenters. The lowest BCUT2D eigenvalue weighted by molar-refractivity contribution is -0.145. The van der Waals surface area contributed by atoms with Gasteiger partial charge in [-0.15, -0.1) is 24.0 Å². The van der Waals surface area contributed by atoms with Crippen molar-refractivity contribution < 1.29 is 9.53 Å². The lowest BCUT2D eigenvalue weighted by Gasteiger charge is -2.26. The van der Waals surface area contributed by atoms with E-state index >= 15 is 0 Å². The zero-order chi connectivity index (χ0) is 16.7. The van der Waals surface area contributed by atoms with E-state index in [0.717, 1.165) is 32.0 Å². The van der Waals surface area contributed by atoms with Gasteiger partial charge in [0.2, 0.25) is 0 Å². The molecule has 136 valence electrons. The number of carbonyl (C=O) groups excluding carboxylic acids is 1. The predicted octanol–water partition coefficient (Wildman–Crippen LogP) is 1.65. The lowest BCUT2D eigenvalue weighted by atomic mass is 9.99. The number of ether oxygens (including phenoxy) is 1. The molecular weight excluding hydrogens is 407 g/mol. The van der Waals surface area contributed by atoms with Crippen molar-refractivity contribution in [1.82, 2.24) is 15.1 Å². The number of rotatable bonds is 6. The molecule has 0 bridgehead atoms. The summed E-state index contributed by atoms with van der Waals surface area (Å²) in [5.41, 5.74) is 0. The average Bonchev–Trinajstić information content (AvgIpc) is 2.91. The van der Waals surface area contributed by atoms with Gasteiger partial charge in [0, 0.05) is 39.3 Å². The monoisotopic (exact) mass is 440 g/mol. The van der Waals surface area contributed by atoms with Crippen LogP contribution < -0.4 is 5.32 Å². The molecule has 1 fully saturated rings. The van der Waals surface area contributed by atoms with E-state index in [0.29, 0.717) is 12.6 Å². The van der Waals surface area contributed by atoms with E-state index in [1.54, 1.807) is 7.05 Å². The van der Waals surface area contributed by atoms with Crippen LogP contribution in [0.15, 0.2) is 4.99 Å². The molecule has 0 aromatic rings. The van der Waals surface area contributed by atoms with Gasteiger partial charge in [-0.2, -0.15) is 0 Å². The summed E-state index contributed by atoms with van der Waals surface area (Å²) in [4.78, 5) is 20.6. The number of methoxy groups -OCH3 is 1. The molecule has 7 heteroatoms. The minimum Gasteiger partial charge on any atom is -0.469 e. The smallest absolute Gasteiger partial charge is 0.310 e. The standard InChI is InChI=1S/C16H32N4O2.HI/c1-7-13(3)19(5)9-8-18-16(17-4)20-10-12(2)14(11-20)15(21)22-6;/h12-14H,7-11H2,1-6H3,(H,17,18);1H. The van der Waals surface area contributed by atoms with Crippen molar-refractivity contribution in [3.8, 4) is 0 Å². The molecule has 0 radical (unpaired) electrons. The number of carbonyl (C=O) groups is 1.